The lowest BCUT2D eigenvalue weighted by Crippen LogP contribution is -2.61. The molecule has 9 aromatic carbocycles. The van der Waals surface area contributed by atoms with Gasteiger partial charge in [0.05, 0.1) is 16.7 Å². The highest BCUT2D eigenvalue weighted by atomic mass is 15.2. The van der Waals surface area contributed by atoms with Crippen molar-refractivity contribution in [1.82, 2.24) is 4.57 Å². The molecule has 2 aliphatic heterocycles. The zero-order valence-corrected chi connectivity index (χ0v) is 50.5. The van der Waals surface area contributed by atoms with E-state index in [9.17, 15) is 0 Å². The molecule has 15 rings (SSSR count). The molecule has 0 N–H and O–H groups in total. The smallest absolute Gasteiger partial charge is 0.333 e. The van der Waals surface area contributed by atoms with Crippen molar-refractivity contribution < 1.29 is 0 Å². The standard InChI is InChI=1S/C78H78BN3/c1-73(2)35-36-74(3,4)60-43-55(33-34-59(60)73)82-67-47-63-61(75(5,6)37-39-77(63,9)10)44-57(67)58-45-69(80(53-29-21-27-51(41-53)49-23-15-13-16-24-49)54-30-22-28-52(42-54)50-25-17-14-18-26-50)70-56-31-19-20-32-66(56)81-68-48-64-62(76(7,8)38-40-78(64,11)12)46-65(68)79(82)71(58)72(70)81/h13-34,41-48H,35-40H2,1-12H3. The van der Waals surface area contributed by atoms with Crippen LogP contribution in [0.2, 0.25) is 0 Å². The van der Waals surface area contributed by atoms with Crippen molar-refractivity contribution in [3.8, 4) is 39.1 Å². The number of para-hydroxylation sites is 1. The summed E-state index contributed by atoms with van der Waals surface area (Å²) in [6, 6.07) is 70.9. The maximum atomic E-state index is 2.87. The number of hydrogen-bond acceptors (Lipinski definition) is 2. The fourth-order valence-electron chi connectivity index (χ4n) is 16.1. The summed E-state index contributed by atoms with van der Waals surface area (Å²) in [5.74, 6) is 0. The molecule has 82 heavy (non-hydrogen) atoms. The lowest BCUT2D eigenvalue weighted by Gasteiger charge is -2.48. The Balaban J connectivity index is 1.13. The first-order chi connectivity index (χ1) is 39.1. The van der Waals surface area contributed by atoms with Crippen LogP contribution in [0.1, 0.15) is 155 Å². The van der Waals surface area contributed by atoms with E-state index in [1.54, 1.807) is 0 Å². The van der Waals surface area contributed by atoms with E-state index in [0.29, 0.717) is 0 Å². The van der Waals surface area contributed by atoms with Gasteiger partial charge in [-0.05, 0) is 210 Å². The molecule has 0 spiro atoms. The second-order valence-corrected chi connectivity index (χ2v) is 29.3. The summed E-state index contributed by atoms with van der Waals surface area (Å²) in [6.45, 7) is 29.9. The second-order valence-electron chi connectivity index (χ2n) is 29.3. The number of rotatable bonds is 6. The van der Waals surface area contributed by atoms with Gasteiger partial charge in [0.15, 0.2) is 0 Å². The highest BCUT2D eigenvalue weighted by molar-refractivity contribution is 6.93. The van der Waals surface area contributed by atoms with Gasteiger partial charge >= 0.3 is 6.85 Å². The lowest BCUT2D eigenvalue weighted by molar-refractivity contribution is 0.332. The molecule has 10 aromatic rings. The topological polar surface area (TPSA) is 11.4 Å². The Bertz CT molecular complexity index is 4220. The van der Waals surface area contributed by atoms with Crippen molar-refractivity contribution in [2.24, 2.45) is 0 Å². The molecule has 0 saturated carbocycles. The lowest BCUT2D eigenvalue weighted by atomic mass is 9.43. The van der Waals surface area contributed by atoms with Gasteiger partial charge < -0.3 is 14.3 Å². The minimum atomic E-state index is -0.121. The number of fused-ring (bicyclic) bond motifs is 11. The van der Waals surface area contributed by atoms with Gasteiger partial charge in [-0.2, -0.15) is 0 Å². The van der Waals surface area contributed by atoms with Gasteiger partial charge in [-0.1, -0.05) is 198 Å². The Hall–Kier alpha value is -7.56. The molecule has 5 aliphatic rings. The first-order valence-corrected chi connectivity index (χ1v) is 30.7. The molecule has 0 radical (unpaired) electrons. The average Bonchev–Trinajstić information content (AvgIpc) is 2.16. The predicted octanol–water partition coefficient (Wildman–Crippen LogP) is 19.9. The van der Waals surface area contributed by atoms with Crippen molar-refractivity contribution in [3.05, 3.63) is 215 Å². The highest BCUT2D eigenvalue weighted by Crippen LogP contribution is 2.57. The van der Waals surface area contributed by atoms with Crippen molar-refractivity contribution in [2.45, 2.75) is 154 Å². The third kappa shape index (κ3) is 7.54. The summed E-state index contributed by atoms with van der Waals surface area (Å²) in [7, 11) is 0. The largest absolute Gasteiger partial charge is 0.376 e. The molecule has 0 bridgehead atoms. The van der Waals surface area contributed by atoms with Crippen LogP contribution >= 0.6 is 0 Å². The summed E-state index contributed by atoms with van der Waals surface area (Å²) in [6.07, 6.45) is 6.96. The Morgan fingerprint density at radius 1 is 0.378 bits per heavy atom. The minimum Gasteiger partial charge on any atom is -0.376 e. The number of hydrogen-bond donors (Lipinski definition) is 0. The normalized spacial score (nSPS) is 18.7. The molecule has 3 heterocycles. The van der Waals surface area contributed by atoms with Gasteiger partial charge in [0.2, 0.25) is 0 Å². The van der Waals surface area contributed by atoms with E-state index >= 15 is 0 Å². The average molecular weight is 1070 g/mol. The molecule has 3 nitrogen and oxygen atoms in total. The van der Waals surface area contributed by atoms with Gasteiger partial charge in [-0.15, -0.1) is 0 Å². The maximum absolute atomic E-state index is 2.87. The highest BCUT2D eigenvalue weighted by Gasteiger charge is 2.50. The van der Waals surface area contributed by atoms with Crippen molar-refractivity contribution in [1.29, 1.82) is 0 Å². The Labute approximate surface area is 488 Å². The van der Waals surface area contributed by atoms with Crippen LogP contribution in [0.4, 0.5) is 28.4 Å². The number of aromatic nitrogens is 1. The van der Waals surface area contributed by atoms with Gasteiger partial charge in [0.1, 0.15) is 0 Å². The number of nitrogens with zero attached hydrogens (tertiary/aromatic N) is 3. The van der Waals surface area contributed by atoms with Crippen LogP contribution in [0.3, 0.4) is 0 Å². The molecule has 4 heteroatoms. The summed E-state index contributed by atoms with van der Waals surface area (Å²) >= 11 is 0. The van der Waals surface area contributed by atoms with Crippen LogP contribution in [0.25, 0.3) is 60.9 Å². The summed E-state index contributed by atoms with van der Waals surface area (Å²) in [5, 5.41) is 2.56. The van der Waals surface area contributed by atoms with E-state index in [2.05, 4.69) is 279 Å². The van der Waals surface area contributed by atoms with E-state index in [1.165, 1.54) is 135 Å². The fraction of sp³-hybridized carbons (Fsp3) is 0.308. The summed E-state index contributed by atoms with van der Waals surface area (Å²) in [4.78, 5) is 5.48. The fourth-order valence-corrected chi connectivity index (χ4v) is 16.1. The van der Waals surface area contributed by atoms with Gasteiger partial charge in [-0.25, -0.2) is 0 Å². The molecule has 408 valence electrons. The van der Waals surface area contributed by atoms with E-state index in [0.717, 1.165) is 37.1 Å². The maximum Gasteiger partial charge on any atom is 0.333 e. The zero-order chi connectivity index (χ0) is 56.6. The van der Waals surface area contributed by atoms with Gasteiger partial charge in [0, 0.05) is 44.8 Å². The molecule has 0 saturated heterocycles. The van der Waals surface area contributed by atoms with E-state index in [4.69, 9.17) is 0 Å². The van der Waals surface area contributed by atoms with Crippen molar-refractivity contribution >= 4 is 68.0 Å². The Morgan fingerprint density at radius 2 is 0.841 bits per heavy atom. The molecule has 0 amide bonds. The third-order valence-corrected chi connectivity index (χ3v) is 21.3. The Kier molecular flexibility index (Phi) is 11.0. The first kappa shape index (κ1) is 51.3. The monoisotopic (exact) mass is 1070 g/mol. The first-order valence-electron chi connectivity index (χ1n) is 30.7. The molecule has 1 aromatic heterocycles. The molecule has 0 fully saturated rings. The predicted molar refractivity (Wildman–Crippen MR) is 351 cm³/mol. The minimum absolute atomic E-state index is 0.00126. The molecular formula is C78H78BN3. The molecular weight excluding hydrogens is 990 g/mol. The summed E-state index contributed by atoms with van der Waals surface area (Å²) in [5.41, 5.74) is 29.3. The quantitative estimate of drug-likeness (QED) is 0.154. The van der Waals surface area contributed by atoms with E-state index in [1.807, 2.05) is 0 Å². The van der Waals surface area contributed by atoms with Crippen molar-refractivity contribution in [3.63, 3.8) is 0 Å². The third-order valence-electron chi connectivity index (χ3n) is 21.3. The Morgan fingerprint density at radius 3 is 1.40 bits per heavy atom. The molecule has 3 aliphatic carbocycles. The van der Waals surface area contributed by atoms with Gasteiger partial charge in [-0.3, -0.25) is 0 Å². The number of benzene rings is 9. The van der Waals surface area contributed by atoms with Crippen LogP contribution < -0.4 is 20.6 Å². The zero-order valence-electron chi connectivity index (χ0n) is 50.5. The molecule has 0 unspecified atom stereocenters. The van der Waals surface area contributed by atoms with Crippen molar-refractivity contribution in [2.75, 3.05) is 9.71 Å². The summed E-state index contributed by atoms with van der Waals surface area (Å²) < 4.78 is 2.74. The number of anilines is 5. The van der Waals surface area contributed by atoms with E-state index < -0.39 is 0 Å². The van der Waals surface area contributed by atoms with Crippen LogP contribution in [0.15, 0.2) is 182 Å². The van der Waals surface area contributed by atoms with Gasteiger partial charge in [0.25, 0.3) is 0 Å². The van der Waals surface area contributed by atoms with Crippen LogP contribution in [-0.2, 0) is 32.5 Å². The van der Waals surface area contributed by atoms with Crippen LogP contribution in [0, 0.1) is 0 Å². The van der Waals surface area contributed by atoms with Crippen LogP contribution in [0.5, 0.6) is 0 Å². The molecule has 0 atom stereocenters. The van der Waals surface area contributed by atoms with E-state index in [-0.39, 0.29) is 39.3 Å². The second kappa shape index (κ2) is 17.5. The van der Waals surface area contributed by atoms with Crippen LogP contribution in [-0.4, -0.2) is 11.4 Å². The SMILES string of the molecule is CC1(C)CCC(C)(C)c2cc(N3B4c5cc6c(cc5-n5c7ccccc7c7c(N(c8cccc(-c9ccccc9)c8)c8cccc(-c9ccccc9)c8)cc(c4c75)-c4cc5c(cc43)C(C)(C)CCC5(C)C)C(C)(C)CCC6(C)C)ccc21.